The van der Waals surface area contributed by atoms with Gasteiger partial charge in [-0.3, -0.25) is 4.79 Å². The van der Waals surface area contributed by atoms with Crippen molar-refractivity contribution in [2.24, 2.45) is 0 Å². The molecule has 2 N–H and O–H groups in total. The van der Waals surface area contributed by atoms with Crippen molar-refractivity contribution < 1.29 is 18.3 Å². The van der Waals surface area contributed by atoms with Crippen LogP contribution in [0.3, 0.4) is 0 Å². The number of anilines is 1. The van der Waals surface area contributed by atoms with Gasteiger partial charge in [0.05, 0.1) is 32.0 Å². The zero-order valence-electron chi connectivity index (χ0n) is 16.0. The fourth-order valence-electron chi connectivity index (χ4n) is 3.05. The Labute approximate surface area is 177 Å². The Hall–Kier alpha value is -3.23. The molecule has 152 valence electrons. The van der Waals surface area contributed by atoms with E-state index in [9.17, 15) is 18.3 Å². The van der Waals surface area contributed by atoms with E-state index in [0.29, 0.717) is 16.3 Å². The average molecular weight is 439 g/mol. The van der Waals surface area contributed by atoms with Crippen LogP contribution in [0.5, 0.6) is 5.75 Å². The Morgan fingerprint density at radius 3 is 2.57 bits per heavy atom. The highest BCUT2D eigenvalue weighted by Gasteiger charge is 2.21. The summed E-state index contributed by atoms with van der Waals surface area (Å²) in [4.78, 5) is 17.4. The van der Waals surface area contributed by atoms with E-state index < -0.39 is 15.7 Å². The maximum Gasteiger partial charge on any atom is 0.256 e. The maximum atomic E-state index is 12.8. The second kappa shape index (κ2) is 7.89. The number of hydrogen-bond acceptors (Lipinski definition) is 6. The normalized spacial score (nSPS) is 11.5. The van der Waals surface area contributed by atoms with Crippen molar-refractivity contribution in [3.8, 4) is 16.3 Å². The van der Waals surface area contributed by atoms with Crippen LogP contribution in [0.4, 0.5) is 5.69 Å². The van der Waals surface area contributed by atoms with Crippen molar-refractivity contribution in [2.75, 3.05) is 11.1 Å². The predicted molar refractivity (Wildman–Crippen MR) is 119 cm³/mol. The quantitative estimate of drug-likeness (QED) is 0.440. The largest absolute Gasteiger partial charge is 0.507 e. The van der Waals surface area contributed by atoms with Crippen LogP contribution in [0.2, 0.25) is 0 Å². The van der Waals surface area contributed by atoms with E-state index in [1.165, 1.54) is 36.5 Å². The van der Waals surface area contributed by atoms with E-state index in [1.54, 1.807) is 24.3 Å². The maximum absolute atomic E-state index is 12.8. The zero-order valence-corrected chi connectivity index (χ0v) is 17.6. The number of fused-ring (bicyclic) bond motifs is 1. The Kier molecular flexibility index (Phi) is 5.27. The lowest BCUT2D eigenvalue weighted by atomic mass is 10.1. The first-order valence-corrected chi connectivity index (χ1v) is 11.7. The average Bonchev–Trinajstić information content (AvgIpc) is 3.19. The molecule has 0 saturated carbocycles. The molecular weight excluding hydrogens is 420 g/mol. The van der Waals surface area contributed by atoms with E-state index in [2.05, 4.69) is 10.3 Å². The number of para-hydroxylation sites is 1. The molecule has 1 amide bonds. The Morgan fingerprint density at radius 1 is 1.07 bits per heavy atom. The number of thiazole rings is 1. The lowest BCUT2D eigenvalue weighted by molar-refractivity contribution is 0.102. The number of phenolic OH excluding ortho intramolecular Hbond substituents is 1. The molecule has 4 rings (SSSR count). The number of sulfone groups is 1. The summed E-state index contributed by atoms with van der Waals surface area (Å²) in [6, 6.07) is 18.4. The van der Waals surface area contributed by atoms with E-state index in [-0.39, 0.29) is 22.0 Å². The summed E-state index contributed by atoms with van der Waals surface area (Å²) < 4.78 is 25.6. The van der Waals surface area contributed by atoms with Crippen LogP contribution < -0.4 is 5.32 Å². The number of aromatic hydroxyl groups is 1. The number of carbonyl (C=O) groups excluding carboxylic acids is 1. The lowest BCUT2D eigenvalue weighted by Gasteiger charge is -2.11. The Morgan fingerprint density at radius 2 is 1.80 bits per heavy atom. The molecule has 0 aliphatic heterocycles. The number of rotatable bonds is 5. The third-order valence-corrected chi connectivity index (χ3v) is 7.48. The number of hydrogen-bond donors (Lipinski definition) is 2. The molecule has 6 nitrogen and oxygen atoms in total. The molecule has 0 bridgehead atoms. The predicted octanol–water partition coefficient (Wildman–Crippen LogP) is 4.71. The first-order chi connectivity index (χ1) is 14.4. The number of aromatic nitrogens is 1. The molecule has 8 heteroatoms. The molecule has 0 radical (unpaired) electrons. The van der Waals surface area contributed by atoms with Gasteiger partial charge in [-0.15, -0.1) is 11.3 Å². The van der Waals surface area contributed by atoms with Crippen molar-refractivity contribution in [3.63, 3.8) is 0 Å². The number of benzene rings is 3. The number of amides is 1. The van der Waals surface area contributed by atoms with Gasteiger partial charge in [0.1, 0.15) is 10.8 Å². The van der Waals surface area contributed by atoms with Gasteiger partial charge in [0.25, 0.3) is 5.91 Å². The van der Waals surface area contributed by atoms with E-state index in [0.717, 1.165) is 10.2 Å². The smallest absolute Gasteiger partial charge is 0.256 e. The molecular formula is C22H18N2O4S2. The molecule has 1 aromatic heterocycles. The lowest BCUT2D eigenvalue weighted by Crippen LogP contribution is -2.17. The number of nitrogens with zero attached hydrogens (tertiary/aromatic N) is 1. The number of phenols is 1. The molecule has 0 unspecified atom stereocenters. The van der Waals surface area contributed by atoms with Crippen LogP contribution >= 0.6 is 11.3 Å². The van der Waals surface area contributed by atoms with Gasteiger partial charge in [-0.2, -0.15) is 0 Å². The van der Waals surface area contributed by atoms with Gasteiger partial charge in [0.15, 0.2) is 9.84 Å². The van der Waals surface area contributed by atoms with Crippen LogP contribution in [0.25, 0.3) is 20.8 Å². The van der Waals surface area contributed by atoms with E-state index in [1.807, 2.05) is 24.3 Å². The van der Waals surface area contributed by atoms with Crippen LogP contribution in [0.15, 0.2) is 71.6 Å². The summed E-state index contributed by atoms with van der Waals surface area (Å²) in [5.74, 6) is -0.595. The van der Waals surface area contributed by atoms with Gasteiger partial charge in [-0.1, -0.05) is 31.2 Å². The van der Waals surface area contributed by atoms with Gasteiger partial charge >= 0.3 is 0 Å². The highest BCUT2D eigenvalue weighted by Crippen LogP contribution is 2.36. The Balaban J connectivity index is 1.69. The fraction of sp³-hybridized carbons (Fsp3) is 0.0909. The topological polar surface area (TPSA) is 96.4 Å². The van der Waals surface area contributed by atoms with Crippen LogP contribution in [-0.2, 0) is 9.84 Å². The highest BCUT2D eigenvalue weighted by molar-refractivity contribution is 7.91. The summed E-state index contributed by atoms with van der Waals surface area (Å²) in [7, 11) is -3.55. The zero-order chi connectivity index (χ0) is 21.3. The molecule has 3 aromatic carbocycles. The molecule has 30 heavy (non-hydrogen) atoms. The molecule has 4 aromatic rings. The minimum atomic E-state index is -3.55. The van der Waals surface area contributed by atoms with E-state index >= 15 is 0 Å². The standard InChI is InChI=1S/C22H18N2O4S2/c1-2-30(27,28)20-10-6-3-7-15(20)21(26)23-14-11-12-18(25)16(13-14)22-24-17-8-4-5-9-19(17)29-22/h3-13,25H,2H2,1H3,(H,23,26). The first kappa shape index (κ1) is 20.1. The van der Waals surface area contributed by atoms with Crippen molar-refractivity contribution in [2.45, 2.75) is 11.8 Å². The number of nitrogens with one attached hydrogen (secondary N) is 1. The minimum absolute atomic E-state index is 0.00447. The van der Waals surface area contributed by atoms with Crippen LogP contribution in [0.1, 0.15) is 17.3 Å². The second-order valence-electron chi connectivity index (χ2n) is 6.57. The van der Waals surface area contributed by atoms with Gasteiger partial charge in [-0.05, 0) is 42.5 Å². The Bertz CT molecular complexity index is 1330. The summed E-state index contributed by atoms with van der Waals surface area (Å²) in [6.45, 7) is 1.54. The third kappa shape index (κ3) is 3.79. The van der Waals surface area contributed by atoms with Crippen molar-refractivity contribution in [1.82, 2.24) is 4.98 Å². The molecule has 0 aliphatic carbocycles. The van der Waals surface area contributed by atoms with Crippen LogP contribution in [0, 0.1) is 0 Å². The van der Waals surface area contributed by atoms with Gasteiger partial charge in [-0.25, -0.2) is 13.4 Å². The molecule has 0 atom stereocenters. The van der Waals surface area contributed by atoms with Crippen molar-refractivity contribution >= 4 is 43.0 Å². The summed E-state index contributed by atoms with van der Waals surface area (Å²) in [5, 5.41) is 13.7. The van der Waals surface area contributed by atoms with Crippen molar-refractivity contribution in [1.29, 1.82) is 0 Å². The SMILES string of the molecule is CCS(=O)(=O)c1ccccc1C(=O)Nc1ccc(O)c(-c2nc3ccccc3s2)c1. The summed E-state index contributed by atoms with van der Waals surface area (Å²) >= 11 is 1.43. The molecule has 0 saturated heterocycles. The molecule has 0 fully saturated rings. The van der Waals surface area contributed by atoms with Gasteiger partial charge < -0.3 is 10.4 Å². The molecule has 1 heterocycles. The monoisotopic (exact) mass is 438 g/mol. The van der Waals surface area contributed by atoms with Crippen molar-refractivity contribution in [3.05, 3.63) is 72.3 Å². The second-order valence-corrected chi connectivity index (χ2v) is 9.85. The highest BCUT2D eigenvalue weighted by atomic mass is 32.2. The first-order valence-electron chi connectivity index (χ1n) is 9.21. The fourth-order valence-corrected chi connectivity index (χ4v) is 5.14. The third-order valence-electron chi connectivity index (χ3n) is 4.63. The van der Waals surface area contributed by atoms with Gasteiger partial charge in [0.2, 0.25) is 0 Å². The summed E-state index contributed by atoms with van der Waals surface area (Å²) in [5.41, 5.74) is 1.82. The summed E-state index contributed by atoms with van der Waals surface area (Å²) in [6.07, 6.45) is 0. The number of carbonyl (C=O) groups is 1. The van der Waals surface area contributed by atoms with Crippen LogP contribution in [-0.4, -0.2) is 30.2 Å². The molecule has 0 spiro atoms. The van der Waals surface area contributed by atoms with Gasteiger partial charge in [0, 0.05) is 5.69 Å². The molecule has 0 aliphatic rings. The van der Waals surface area contributed by atoms with E-state index in [4.69, 9.17) is 0 Å². The minimum Gasteiger partial charge on any atom is -0.507 e.